The van der Waals surface area contributed by atoms with Gasteiger partial charge in [-0.3, -0.25) is 9.78 Å². The van der Waals surface area contributed by atoms with Crippen LogP contribution in [0.3, 0.4) is 0 Å². The minimum Gasteiger partial charge on any atom is -0.497 e. The highest BCUT2D eigenvalue weighted by molar-refractivity contribution is 6.07. The van der Waals surface area contributed by atoms with Crippen molar-refractivity contribution in [2.75, 3.05) is 7.11 Å². The highest BCUT2D eigenvalue weighted by Crippen LogP contribution is 2.34. The van der Waals surface area contributed by atoms with Crippen LogP contribution in [0.1, 0.15) is 30.0 Å². The first-order valence-corrected chi connectivity index (χ1v) is 9.41. The number of rotatable bonds is 5. The van der Waals surface area contributed by atoms with Gasteiger partial charge in [0.05, 0.1) is 18.2 Å². The number of hydrogen-bond donors (Lipinski definition) is 1. The highest BCUT2D eigenvalue weighted by Gasteiger charge is 2.19. The fourth-order valence-electron chi connectivity index (χ4n) is 3.32. The first-order valence-electron chi connectivity index (χ1n) is 9.41. The number of benzene rings is 2. The largest absolute Gasteiger partial charge is 0.497 e. The Kier molecular flexibility index (Phi) is 4.84. The summed E-state index contributed by atoms with van der Waals surface area (Å²) in [7, 11) is 1.62. The van der Waals surface area contributed by atoms with Crippen LogP contribution in [-0.4, -0.2) is 24.0 Å². The van der Waals surface area contributed by atoms with Gasteiger partial charge in [0.2, 0.25) is 0 Å². The van der Waals surface area contributed by atoms with Gasteiger partial charge < -0.3 is 19.2 Å². The molecule has 0 spiro atoms. The van der Waals surface area contributed by atoms with E-state index in [0.717, 1.165) is 22.0 Å². The quantitative estimate of drug-likeness (QED) is 0.505. The highest BCUT2D eigenvalue weighted by atomic mass is 16.5. The van der Waals surface area contributed by atoms with E-state index >= 15 is 0 Å². The molecule has 2 aromatic heterocycles. The van der Waals surface area contributed by atoms with Crippen molar-refractivity contribution < 1.29 is 18.7 Å². The van der Waals surface area contributed by atoms with E-state index in [1.807, 2.05) is 50.2 Å². The molecule has 2 heterocycles. The molecule has 0 bridgehead atoms. The summed E-state index contributed by atoms with van der Waals surface area (Å²) < 4.78 is 17.2. The number of aryl methyl sites for hydroxylation is 1. The van der Waals surface area contributed by atoms with E-state index in [1.54, 1.807) is 26.3 Å². The van der Waals surface area contributed by atoms with Gasteiger partial charge in [-0.25, -0.2) is 0 Å². The topological polar surface area (TPSA) is 73.6 Å². The Bertz CT molecular complexity index is 1210. The van der Waals surface area contributed by atoms with Crippen molar-refractivity contribution in [3.63, 3.8) is 0 Å². The Balaban J connectivity index is 1.69. The summed E-state index contributed by atoms with van der Waals surface area (Å²) in [5.74, 6) is 2.47. The second-order valence-electron chi connectivity index (χ2n) is 7.11. The zero-order valence-corrected chi connectivity index (χ0v) is 16.8. The summed E-state index contributed by atoms with van der Waals surface area (Å²) in [6, 6.07) is 13.0. The Morgan fingerprint density at radius 3 is 2.59 bits per heavy atom. The number of carbonyl (C=O) groups is 1. The minimum atomic E-state index is -0.140. The molecule has 0 atom stereocenters. The van der Waals surface area contributed by atoms with Crippen LogP contribution in [0.15, 0.2) is 53.1 Å². The number of nitrogens with one attached hydrogen (secondary N) is 1. The molecule has 6 heteroatoms. The second-order valence-corrected chi connectivity index (χ2v) is 7.11. The molecule has 1 N–H and O–H groups in total. The molecule has 0 aliphatic heterocycles. The fourth-order valence-corrected chi connectivity index (χ4v) is 3.32. The van der Waals surface area contributed by atoms with Gasteiger partial charge in [0.15, 0.2) is 0 Å². The third kappa shape index (κ3) is 3.61. The third-order valence-corrected chi connectivity index (χ3v) is 4.62. The van der Waals surface area contributed by atoms with Crippen molar-refractivity contribution in [1.29, 1.82) is 0 Å². The van der Waals surface area contributed by atoms with E-state index in [4.69, 9.17) is 13.9 Å². The van der Waals surface area contributed by atoms with Crippen LogP contribution in [0.2, 0.25) is 0 Å². The summed E-state index contributed by atoms with van der Waals surface area (Å²) in [4.78, 5) is 16.9. The Hall–Kier alpha value is -3.54. The van der Waals surface area contributed by atoms with Gasteiger partial charge in [-0.05, 0) is 51.1 Å². The Morgan fingerprint density at radius 1 is 1.07 bits per heavy atom. The maximum absolute atomic E-state index is 12.5. The molecule has 4 aromatic rings. The van der Waals surface area contributed by atoms with Gasteiger partial charge in [0.1, 0.15) is 28.6 Å². The van der Waals surface area contributed by atoms with Crippen LogP contribution in [-0.2, 0) is 0 Å². The average Bonchev–Trinajstić information content (AvgIpc) is 3.02. The zero-order valence-electron chi connectivity index (χ0n) is 16.8. The maximum Gasteiger partial charge on any atom is 0.255 e. The lowest BCUT2D eigenvalue weighted by Crippen LogP contribution is -2.30. The van der Waals surface area contributed by atoms with Gasteiger partial charge in [0.25, 0.3) is 5.91 Å². The van der Waals surface area contributed by atoms with Gasteiger partial charge in [-0.15, -0.1) is 0 Å². The van der Waals surface area contributed by atoms with Gasteiger partial charge >= 0.3 is 0 Å². The van der Waals surface area contributed by atoms with Crippen molar-refractivity contribution in [1.82, 2.24) is 10.3 Å². The van der Waals surface area contributed by atoms with Crippen molar-refractivity contribution in [2.24, 2.45) is 0 Å². The molecule has 1 amide bonds. The molecule has 0 radical (unpaired) electrons. The molecule has 0 saturated heterocycles. The van der Waals surface area contributed by atoms with Crippen LogP contribution in [0.4, 0.5) is 0 Å². The van der Waals surface area contributed by atoms with Crippen molar-refractivity contribution in [3.05, 3.63) is 60.0 Å². The summed E-state index contributed by atoms with van der Waals surface area (Å²) in [6.07, 6.45) is 1.70. The van der Waals surface area contributed by atoms with Crippen LogP contribution in [0.5, 0.6) is 17.2 Å². The number of fused-ring (bicyclic) bond motifs is 2. The average molecular weight is 390 g/mol. The molecular formula is C23H22N2O4. The third-order valence-electron chi connectivity index (χ3n) is 4.62. The normalized spacial score (nSPS) is 11.2. The second kappa shape index (κ2) is 7.47. The van der Waals surface area contributed by atoms with Crippen LogP contribution >= 0.6 is 0 Å². The van der Waals surface area contributed by atoms with Gasteiger partial charge in [0, 0.05) is 35.1 Å². The standard InChI is InChI=1S/C23H22N2O4/c1-13(2)25-23(26)22-14(3)28-21-12-16(6-8-18(21)22)29-20-9-10-24-19-11-15(27-4)5-7-17(19)20/h5-13H,1-4H3,(H,25,26). The zero-order chi connectivity index (χ0) is 20.5. The van der Waals surface area contributed by atoms with Gasteiger partial charge in [-0.2, -0.15) is 0 Å². The molecule has 29 heavy (non-hydrogen) atoms. The number of furan rings is 1. The molecule has 0 aliphatic rings. The predicted molar refractivity (Wildman–Crippen MR) is 112 cm³/mol. The number of ether oxygens (including phenoxy) is 2. The predicted octanol–water partition coefficient (Wildman–Crippen LogP) is 5.23. The van der Waals surface area contributed by atoms with Crippen LogP contribution in [0, 0.1) is 6.92 Å². The molecule has 0 unspecified atom stereocenters. The van der Waals surface area contributed by atoms with E-state index in [-0.39, 0.29) is 11.9 Å². The van der Waals surface area contributed by atoms with Crippen LogP contribution in [0.25, 0.3) is 21.9 Å². The summed E-state index contributed by atoms with van der Waals surface area (Å²) in [5, 5.41) is 4.55. The Labute approximate surface area is 168 Å². The lowest BCUT2D eigenvalue weighted by molar-refractivity contribution is 0.0943. The van der Waals surface area contributed by atoms with Crippen molar-refractivity contribution in [3.8, 4) is 17.2 Å². The molecule has 148 valence electrons. The molecule has 4 rings (SSSR count). The lowest BCUT2D eigenvalue weighted by Gasteiger charge is -2.10. The van der Waals surface area contributed by atoms with E-state index in [9.17, 15) is 4.79 Å². The van der Waals surface area contributed by atoms with Crippen molar-refractivity contribution >= 4 is 27.8 Å². The smallest absolute Gasteiger partial charge is 0.255 e. The Morgan fingerprint density at radius 2 is 1.83 bits per heavy atom. The number of aromatic nitrogens is 1. The summed E-state index contributed by atoms with van der Waals surface area (Å²) in [5.41, 5.74) is 1.94. The number of nitrogens with zero attached hydrogens (tertiary/aromatic N) is 1. The SMILES string of the molecule is COc1ccc2c(Oc3ccc4c(C(=O)NC(C)C)c(C)oc4c3)ccnc2c1. The van der Waals surface area contributed by atoms with E-state index in [0.29, 0.717) is 28.4 Å². The number of methoxy groups -OCH3 is 1. The molecule has 0 saturated carbocycles. The number of amides is 1. The fraction of sp³-hybridized carbons (Fsp3) is 0.217. The van der Waals surface area contributed by atoms with E-state index in [1.165, 1.54) is 0 Å². The maximum atomic E-state index is 12.5. The monoisotopic (exact) mass is 390 g/mol. The molecular weight excluding hydrogens is 368 g/mol. The number of hydrogen-bond acceptors (Lipinski definition) is 5. The first kappa shape index (κ1) is 18.8. The van der Waals surface area contributed by atoms with Crippen molar-refractivity contribution in [2.45, 2.75) is 26.8 Å². The number of carbonyl (C=O) groups excluding carboxylic acids is 1. The molecule has 6 nitrogen and oxygen atoms in total. The lowest BCUT2D eigenvalue weighted by atomic mass is 10.1. The van der Waals surface area contributed by atoms with Gasteiger partial charge in [-0.1, -0.05) is 0 Å². The molecule has 0 aliphatic carbocycles. The molecule has 2 aromatic carbocycles. The first-order chi connectivity index (χ1) is 14.0. The summed E-state index contributed by atoms with van der Waals surface area (Å²) in [6.45, 7) is 5.64. The summed E-state index contributed by atoms with van der Waals surface area (Å²) >= 11 is 0. The minimum absolute atomic E-state index is 0.0491. The van der Waals surface area contributed by atoms with E-state index in [2.05, 4.69) is 10.3 Å². The van der Waals surface area contributed by atoms with Crippen LogP contribution < -0.4 is 14.8 Å². The number of pyridine rings is 1. The molecule has 0 fully saturated rings. The van der Waals surface area contributed by atoms with E-state index < -0.39 is 0 Å².